The zero-order valence-electron chi connectivity index (χ0n) is 9.28. The lowest BCUT2D eigenvalue weighted by Crippen LogP contribution is -2.43. The van der Waals surface area contributed by atoms with Crippen molar-refractivity contribution in [3.05, 3.63) is 0 Å². The first-order chi connectivity index (χ1) is 6.77. The summed E-state index contributed by atoms with van der Waals surface area (Å²) in [5.74, 6) is 0.492. The minimum atomic E-state index is -0.0657. The summed E-state index contributed by atoms with van der Waals surface area (Å²) >= 11 is 0. The fraction of sp³-hybridized carbons (Fsp3) is 1.00. The van der Waals surface area contributed by atoms with Gasteiger partial charge in [0.05, 0.1) is 6.10 Å². The van der Waals surface area contributed by atoms with Gasteiger partial charge in [-0.15, -0.1) is 0 Å². The van der Waals surface area contributed by atoms with Crippen molar-refractivity contribution in [2.45, 2.75) is 38.7 Å². The summed E-state index contributed by atoms with van der Waals surface area (Å²) in [6.45, 7) is 6.17. The van der Waals surface area contributed by atoms with Gasteiger partial charge in [-0.25, -0.2) is 0 Å². The van der Waals surface area contributed by atoms with Gasteiger partial charge in [0.1, 0.15) is 0 Å². The summed E-state index contributed by atoms with van der Waals surface area (Å²) in [5.41, 5.74) is 5.49. The molecular formula is C11H24N2O. The van der Waals surface area contributed by atoms with Crippen molar-refractivity contribution in [1.29, 1.82) is 0 Å². The molecule has 1 rings (SSSR count). The van der Waals surface area contributed by atoms with Gasteiger partial charge in [0, 0.05) is 13.1 Å². The van der Waals surface area contributed by atoms with E-state index >= 15 is 0 Å². The van der Waals surface area contributed by atoms with Crippen molar-refractivity contribution in [2.24, 2.45) is 11.7 Å². The van der Waals surface area contributed by atoms with Crippen LogP contribution in [0.5, 0.6) is 0 Å². The molecule has 84 valence electrons. The highest BCUT2D eigenvalue weighted by Gasteiger charge is 2.26. The number of hydrogen-bond acceptors (Lipinski definition) is 3. The Morgan fingerprint density at radius 3 is 2.93 bits per heavy atom. The first kappa shape index (κ1) is 12.0. The summed E-state index contributed by atoms with van der Waals surface area (Å²) < 4.78 is 0. The Labute approximate surface area is 87.3 Å². The quantitative estimate of drug-likeness (QED) is 0.691. The maximum absolute atomic E-state index is 9.79. The first-order valence-electron chi connectivity index (χ1n) is 5.88. The van der Waals surface area contributed by atoms with Gasteiger partial charge in [0.15, 0.2) is 0 Å². The summed E-state index contributed by atoms with van der Waals surface area (Å²) in [6.07, 6.45) is 4.28. The number of piperidine rings is 1. The molecule has 0 aromatic heterocycles. The van der Waals surface area contributed by atoms with Crippen molar-refractivity contribution in [1.82, 2.24) is 4.90 Å². The van der Waals surface area contributed by atoms with Crippen LogP contribution in [0, 0.1) is 5.92 Å². The molecule has 0 spiro atoms. The number of nitrogens with zero attached hydrogens (tertiary/aromatic N) is 1. The van der Waals surface area contributed by atoms with Gasteiger partial charge in [-0.3, -0.25) is 0 Å². The van der Waals surface area contributed by atoms with Crippen molar-refractivity contribution in [2.75, 3.05) is 26.2 Å². The average molecular weight is 200 g/mol. The SMILES string of the molecule is CCC[C@H]1CN(CCCN)CC[C@H]1O. The second kappa shape index (κ2) is 6.38. The van der Waals surface area contributed by atoms with Gasteiger partial charge in [0.25, 0.3) is 0 Å². The molecule has 0 unspecified atom stereocenters. The van der Waals surface area contributed by atoms with E-state index in [1.54, 1.807) is 0 Å². The molecule has 1 heterocycles. The van der Waals surface area contributed by atoms with E-state index in [1.807, 2.05) is 0 Å². The van der Waals surface area contributed by atoms with Crippen LogP contribution in [0.25, 0.3) is 0 Å². The van der Waals surface area contributed by atoms with Crippen LogP contribution >= 0.6 is 0 Å². The number of rotatable bonds is 5. The topological polar surface area (TPSA) is 49.5 Å². The van der Waals surface area contributed by atoms with E-state index in [2.05, 4.69) is 11.8 Å². The van der Waals surface area contributed by atoms with E-state index in [0.717, 1.165) is 45.4 Å². The Bertz CT molecular complexity index is 150. The van der Waals surface area contributed by atoms with E-state index in [0.29, 0.717) is 5.92 Å². The van der Waals surface area contributed by atoms with Crippen LogP contribution in [0.3, 0.4) is 0 Å². The molecule has 1 fully saturated rings. The van der Waals surface area contributed by atoms with Crippen molar-refractivity contribution >= 4 is 0 Å². The number of nitrogens with two attached hydrogens (primary N) is 1. The zero-order chi connectivity index (χ0) is 10.4. The van der Waals surface area contributed by atoms with Gasteiger partial charge in [-0.1, -0.05) is 13.3 Å². The number of aliphatic hydroxyl groups is 1. The molecule has 1 saturated heterocycles. The molecular weight excluding hydrogens is 176 g/mol. The number of aliphatic hydroxyl groups excluding tert-OH is 1. The molecule has 0 amide bonds. The maximum atomic E-state index is 9.79. The smallest absolute Gasteiger partial charge is 0.0592 e. The maximum Gasteiger partial charge on any atom is 0.0592 e. The lowest BCUT2D eigenvalue weighted by molar-refractivity contribution is 0.0226. The number of likely N-dealkylation sites (tertiary alicyclic amines) is 1. The molecule has 3 nitrogen and oxygen atoms in total. The first-order valence-corrected chi connectivity index (χ1v) is 5.88. The molecule has 0 radical (unpaired) electrons. The molecule has 0 saturated carbocycles. The average Bonchev–Trinajstić information content (AvgIpc) is 2.19. The summed E-state index contributed by atoms with van der Waals surface area (Å²) in [7, 11) is 0. The lowest BCUT2D eigenvalue weighted by Gasteiger charge is -2.36. The molecule has 1 aliphatic rings. The van der Waals surface area contributed by atoms with E-state index in [-0.39, 0.29) is 6.10 Å². The predicted octanol–water partition coefficient (Wildman–Crippen LogP) is 0.818. The van der Waals surface area contributed by atoms with Crippen molar-refractivity contribution in [3.8, 4) is 0 Å². The van der Waals surface area contributed by atoms with Gasteiger partial charge in [0.2, 0.25) is 0 Å². The van der Waals surface area contributed by atoms with Crippen LogP contribution in [0.1, 0.15) is 32.6 Å². The van der Waals surface area contributed by atoms with Crippen molar-refractivity contribution in [3.63, 3.8) is 0 Å². The molecule has 0 bridgehead atoms. The Balaban J connectivity index is 2.29. The third kappa shape index (κ3) is 3.56. The highest BCUT2D eigenvalue weighted by molar-refractivity contribution is 4.79. The van der Waals surface area contributed by atoms with Crippen LogP contribution in [-0.4, -0.2) is 42.3 Å². The molecule has 0 aromatic rings. The highest BCUT2D eigenvalue weighted by atomic mass is 16.3. The number of hydrogen-bond donors (Lipinski definition) is 2. The van der Waals surface area contributed by atoms with Crippen LogP contribution in [0.15, 0.2) is 0 Å². The minimum Gasteiger partial charge on any atom is -0.393 e. The van der Waals surface area contributed by atoms with Crippen molar-refractivity contribution < 1.29 is 5.11 Å². The second-order valence-corrected chi connectivity index (χ2v) is 4.35. The van der Waals surface area contributed by atoms with E-state index in [1.165, 1.54) is 6.42 Å². The zero-order valence-corrected chi connectivity index (χ0v) is 9.28. The molecule has 3 N–H and O–H groups in total. The lowest BCUT2D eigenvalue weighted by atomic mass is 9.91. The van der Waals surface area contributed by atoms with Gasteiger partial charge in [-0.05, 0) is 38.3 Å². The van der Waals surface area contributed by atoms with Gasteiger partial charge >= 0.3 is 0 Å². The molecule has 0 aliphatic carbocycles. The van der Waals surface area contributed by atoms with Gasteiger partial charge < -0.3 is 15.7 Å². The Morgan fingerprint density at radius 2 is 2.29 bits per heavy atom. The Kier molecular flexibility index (Phi) is 5.45. The van der Waals surface area contributed by atoms with Crippen LogP contribution in [0.2, 0.25) is 0 Å². The summed E-state index contributed by atoms with van der Waals surface area (Å²) in [6, 6.07) is 0. The standard InChI is InChI=1S/C11H24N2O/c1-2-4-10-9-13(7-3-6-12)8-5-11(10)14/h10-11,14H,2-9,12H2,1H3/t10-,11+/m0/s1. The predicted molar refractivity (Wildman–Crippen MR) is 59.1 cm³/mol. The fourth-order valence-electron chi connectivity index (χ4n) is 2.27. The fourth-order valence-corrected chi connectivity index (χ4v) is 2.27. The van der Waals surface area contributed by atoms with E-state index in [9.17, 15) is 5.11 Å². The summed E-state index contributed by atoms with van der Waals surface area (Å²) in [4.78, 5) is 2.44. The molecule has 2 atom stereocenters. The molecule has 14 heavy (non-hydrogen) atoms. The van der Waals surface area contributed by atoms with E-state index in [4.69, 9.17) is 5.73 Å². The third-order valence-corrected chi connectivity index (χ3v) is 3.12. The third-order valence-electron chi connectivity index (χ3n) is 3.12. The monoisotopic (exact) mass is 200 g/mol. The van der Waals surface area contributed by atoms with Crippen LogP contribution < -0.4 is 5.73 Å². The Hall–Kier alpha value is -0.120. The van der Waals surface area contributed by atoms with Crippen LogP contribution in [-0.2, 0) is 0 Å². The minimum absolute atomic E-state index is 0.0657. The van der Waals surface area contributed by atoms with Gasteiger partial charge in [-0.2, -0.15) is 0 Å². The normalized spacial score (nSPS) is 29.4. The second-order valence-electron chi connectivity index (χ2n) is 4.35. The van der Waals surface area contributed by atoms with Crippen LogP contribution in [0.4, 0.5) is 0 Å². The molecule has 1 aliphatic heterocycles. The highest BCUT2D eigenvalue weighted by Crippen LogP contribution is 2.21. The van der Waals surface area contributed by atoms with E-state index < -0.39 is 0 Å². The summed E-state index contributed by atoms with van der Waals surface area (Å²) in [5, 5.41) is 9.79. The molecule has 0 aromatic carbocycles. The molecule has 3 heteroatoms. The Morgan fingerprint density at radius 1 is 1.50 bits per heavy atom. The largest absolute Gasteiger partial charge is 0.393 e.